The largest absolute Gasteiger partial charge is 0.415 e. The highest BCUT2D eigenvalue weighted by Gasteiger charge is 2.37. The normalized spacial score (nSPS) is 14.2. The van der Waals surface area contributed by atoms with Gasteiger partial charge in [0.25, 0.3) is 0 Å². The molecule has 104 valence electrons. The van der Waals surface area contributed by atoms with Gasteiger partial charge >= 0.3 is 6.18 Å². The van der Waals surface area contributed by atoms with E-state index in [2.05, 4.69) is 15.4 Å². The molecule has 18 heavy (non-hydrogen) atoms. The Bertz CT molecular complexity index is 364. The summed E-state index contributed by atoms with van der Waals surface area (Å²) in [5.41, 5.74) is 0. The first kappa shape index (κ1) is 14.9. The molecule has 8 heteroatoms. The van der Waals surface area contributed by atoms with Gasteiger partial charge in [0.1, 0.15) is 12.2 Å². The lowest BCUT2D eigenvalue weighted by molar-refractivity contribution is -0.201. The zero-order valence-electron chi connectivity index (χ0n) is 10.3. The number of nitrogens with zero attached hydrogens (tertiary/aromatic N) is 3. The van der Waals surface area contributed by atoms with Gasteiger partial charge in [-0.25, -0.2) is 9.67 Å². The van der Waals surface area contributed by atoms with Crippen molar-refractivity contribution in [2.24, 2.45) is 5.92 Å². The van der Waals surface area contributed by atoms with Gasteiger partial charge in [-0.3, -0.25) is 0 Å². The predicted molar refractivity (Wildman–Crippen MR) is 58.6 cm³/mol. The molecule has 0 amide bonds. The zero-order valence-corrected chi connectivity index (χ0v) is 10.3. The number of aliphatic hydroxyl groups is 1. The summed E-state index contributed by atoms with van der Waals surface area (Å²) in [4.78, 5) is 3.95. The molecular formula is C10H17F3N4O. The molecule has 0 bridgehead atoms. The summed E-state index contributed by atoms with van der Waals surface area (Å²) in [5.74, 6) is 0.921. The SMILES string of the molecule is CC(C)Cn1ncnc1CNCC(O)C(F)(F)F. The van der Waals surface area contributed by atoms with Crippen molar-refractivity contribution in [1.29, 1.82) is 0 Å². The smallest absolute Gasteiger partial charge is 0.382 e. The van der Waals surface area contributed by atoms with Crippen LogP contribution in [0.1, 0.15) is 19.7 Å². The van der Waals surface area contributed by atoms with E-state index >= 15 is 0 Å². The molecule has 0 aliphatic heterocycles. The van der Waals surface area contributed by atoms with Gasteiger partial charge in [0, 0.05) is 13.1 Å². The standard InChI is InChI=1S/C10H17F3N4O/c1-7(2)5-17-9(15-6-16-17)4-14-3-8(18)10(11,12)13/h6-8,14,18H,3-5H2,1-2H3. The molecule has 0 aliphatic carbocycles. The van der Waals surface area contributed by atoms with Crippen LogP contribution < -0.4 is 5.32 Å². The molecule has 1 heterocycles. The maximum absolute atomic E-state index is 12.0. The maximum atomic E-state index is 12.0. The van der Waals surface area contributed by atoms with Crippen molar-refractivity contribution in [1.82, 2.24) is 20.1 Å². The van der Waals surface area contributed by atoms with Crippen LogP contribution in [0.5, 0.6) is 0 Å². The van der Waals surface area contributed by atoms with Crippen molar-refractivity contribution in [2.45, 2.75) is 39.2 Å². The number of aromatic nitrogens is 3. The van der Waals surface area contributed by atoms with E-state index in [0.717, 1.165) is 0 Å². The third-order valence-corrected chi connectivity index (χ3v) is 2.23. The van der Waals surface area contributed by atoms with E-state index in [-0.39, 0.29) is 6.54 Å². The van der Waals surface area contributed by atoms with Gasteiger partial charge in [-0.2, -0.15) is 18.3 Å². The van der Waals surface area contributed by atoms with Gasteiger partial charge in [-0.05, 0) is 5.92 Å². The Labute approximate surface area is 103 Å². The van der Waals surface area contributed by atoms with Gasteiger partial charge in [-0.1, -0.05) is 13.8 Å². The molecule has 5 nitrogen and oxygen atoms in total. The predicted octanol–water partition coefficient (Wildman–Crippen LogP) is 0.947. The van der Waals surface area contributed by atoms with Crippen LogP contribution in [0.25, 0.3) is 0 Å². The van der Waals surface area contributed by atoms with Gasteiger partial charge in [-0.15, -0.1) is 0 Å². The van der Waals surface area contributed by atoms with Crippen LogP contribution in [-0.4, -0.2) is 38.7 Å². The first-order chi connectivity index (χ1) is 8.30. The third-order valence-electron chi connectivity index (χ3n) is 2.23. The lowest BCUT2D eigenvalue weighted by atomic mass is 10.2. The number of rotatable bonds is 6. The van der Waals surface area contributed by atoms with E-state index in [1.807, 2.05) is 13.8 Å². The summed E-state index contributed by atoms with van der Waals surface area (Å²) in [6.07, 6.45) is -5.60. The van der Waals surface area contributed by atoms with Crippen LogP contribution in [0.3, 0.4) is 0 Å². The van der Waals surface area contributed by atoms with Crippen molar-refractivity contribution < 1.29 is 18.3 Å². The molecule has 1 aromatic heterocycles. The Hall–Kier alpha value is -1.15. The summed E-state index contributed by atoms with van der Waals surface area (Å²) >= 11 is 0. The summed E-state index contributed by atoms with van der Waals surface area (Å²) < 4.78 is 37.8. The molecule has 0 spiro atoms. The van der Waals surface area contributed by atoms with Crippen LogP contribution in [0.2, 0.25) is 0 Å². The fourth-order valence-electron chi connectivity index (χ4n) is 1.36. The van der Waals surface area contributed by atoms with Crippen LogP contribution in [-0.2, 0) is 13.1 Å². The monoisotopic (exact) mass is 266 g/mol. The molecule has 1 atom stereocenters. The maximum Gasteiger partial charge on any atom is 0.415 e. The molecule has 0 radical (unpaired) electrons. The van der Waals surface area contributed by atoms with Crippen molar-refractivity contribution in [2.75, 3.05) is 6.54 Å². The van der Waals surface area contributed by atoms with E-state index in [1.165, 1.54) is 6.33 Å². The summed E-state index contributed by atoms with van der Waals surface area (Å²) in [5, 5.41) is 15.3. The minimum atomic E-state index is -4.60. The van der Waals surface area contributed by atoms with Gasteiger partial charge < -0.3 is 10.4 Å². The van der Waals surface area contributed by atoms with E-state index in [1.54, 1.807) is 4.68 Å². The molecule has 0 aliphatic rings. The first-order valence-corrected chi connectivity index (χ1v) is 5.63. The lowest BCUT2D eigenvalue weighted by Gasteiger charge is -2.15. The van der Waals surface area contributed by atoms with Crippen LogP contribution in [0, 0.1) is 5.92 Å². The Balaban J connectivity index is 2.42. The Morgan fingerprint density at radius 2 is 2.11 bits per heavy atom. The van der Waals surface area contributed by atoms with Crippen LogP contribution >= 0.6 is 0 Å². The van der Waals surface area contributed by atoms with E-state index in [4.69, 9.17) is 5.11 Å². The molecule has 1 rings (SSSR count). The number of nitrogens with one attached hydrogen (secondary N) is 1. The molecular weight excluding hydrogens is 249 g/mol. The van der Waals surface area contributed by atoms with Crippen molar-refractivity contribution in [3.63, 3.8) is 0 Å². The second kappa shape index (κ2) is 6.14. The minimum absolute atomic E-state index is 0.139. The molecule has 0 fully saturated rings. The molecule has 2 N–H and O–H groups in total. The van der Waals surface area contributed by atoms with E-state index in [0.29, 0.717) is 18.3 Å². The van der Waals surface area contributed by atoms with Crippen LogP contribution in [0.15, 0.2) is 6.33 Å². The Kier molecular flexibility index (Phi) is 5.09. The highest BCUT2D eigenvalue weighted by molar-refractivity contribution is 4.84. The van der Waals surface area contributed by atoms with Crippen molar-refractivity contribution in [3.8, 4) is 0 Å². The number of alkyl halides is 3. The fourth-order valence-corrected chi connectivity index (χ4v) is 1.36. The average molecular weight is 266 g/mol. The second-order valence-electron chi connectivity index (χ2n) is 4.44. The molecule has 0 aromatic carbocycles. The quantitative estimate of drug-likeness (QED) is 0.804. The first-order valence-electron chi connectivity index (χ1n) is 5.63. The van der Waals surface area contributed by atoms with Gasteiger partial charge in [0.2, 0.25) is 0 Å². The van der Waals surface area contributed by atoms with Crippen LogP contribution in [0.4, 0.5) is 13.2 Å². The highest BCUT2D eigenvalue weighted by Crippen LogP contribution is 2.19. The number of hydrogen-bond acceptors (Lipinski definition) is 4. The zero-order chi connectivity index (χ0) is 13.8. The Morgan fingerprint density at radius 1 is 1.44 bits per heavy atom. The van der Waals surface area contributed by atoms with Crippen molar-refractivity contribution >= 4 is 0 Å². The summed E-state index contributed by atoms with van der Waals surface area (Å²) in [6.45, 7) is 4.25. The lowest BCUT2D eigenvalue weighted by Crippen LogP contribution is -2.38. The van der Waals surface area contributed by atoms with E-state index in [9.17, 15) is 13.2 Å². The van der Waals surface area contributed by atoms with Gasteiger partial charge in [0.05, 0.1) is 6.54 Å². The fraction of sp³-hybridized carbons (Fsp3) is 0.800. The Morgan fingerprint density at radius 3 is 2.67 bits per heavy atom. The highest BCUT2D eigenvalue weighted by atomic mass is 19.4. The summed E-state index contributed by atoms with van der Waals surface area (Å²) in [6, 6.07) is 0. The molecule has 0 saturated carbocycles. The van der Waals surface area contributed by atoms with E-state index < -0.39 is 18.8 Å². The molecule has 0 saturated heterocycles. The number of aliphatic hydroxyl groups excluding tert-OH is 1. The number of halogens is 3. The average Bonchev–Trinajstić information content (AvgIpc) is 2.63. The number of hydrogen-bond donors (Lipinski definition) is 2. The van der Waals surface area contributed by atoms with Gasteiger partial charge in [0.15, 0.2) is 6.10 Å². The third kappa shape index (κ3) is 4.61. The molecule has 1 unspecified atom stereocenters. The second-order valence-corrected chi connectivity index (χ2v) is 4.44. The van der Waals surface area contributed by atoms with Crippen molar-refractivity contribution in [3.05, 3.63) is 12.2 Å². The summed E-state index contributed by atoms with van der Waals surface area (Å²) in [7, 11) is 0. The topological polar surface area (TPSA) is 63.0 Å². The molecule has 1 aromatic rings. The minimum Gasteiger partial charge on any atom is -0.382 e.